The van der Waals surface area contributed by atoms with E-state index < -0.39 is 0 Å². The molecule has 1 aliphatic rings. The lowest BCUT2D eigenvalue weighted by Crippen LogP contribution is -2.40. The van der Waals surface area contributed by atoms with Gasteiger partial charge in [0, 0.05) is 48.6 Å². The highest BCUT2D eigenvalue weighted by Gasteiger charge is 2.33. The Morgan fingerprint density at radius 2 is 1.65 bits per heavy atom. The molecular formula is C22H17NO2S. The fourth-order valence-corrected chi connectivity index (χ4v) is 5.12. The van der Waals surface area contributed by atoms with Crippen LogP contribution in [0.1, 0.15) is 40.5 Å². The molecule has 1 aliphatic heterocycles. The fourth-order valence-electron chi connectivity index (χ4n) is 3.91. The van der Waals surface area contributed by atoms with E-state index in [1.165, 1.54) is 15.0 Å². The lowest BCUT2D eigenvalue weighted by molar-refractivity contribution is 0.0609. The van der Waals surface area contributed by atoms with E-state index in [-0.39, 0.29) is 11.8 Å². The number of unbranched alkanes of at least 4 members (excludes halogenated alkanes) is 1. The Morgan fingerprint density at radius 1 is 0.885 bits per heavy atom. The molecule has 4 heteroatoms. The van der Waals surface area contributed by atoms with E-state index in [2.05, 4.69) is 19.1 Å². The summed E-state index contributed by atoms with van der Waals surface area (Å²) >= 11 is 1.72. The molecule has 0 radical (unpaired) electrons. The van der Waals surface area contributed by atoms with Gasteiger partial charge < -0.3 is 0 Å². The topological polar surface area (TPSA) is 37.4 Å². The largest absolute Gasteiger partial charge is 0.274 e. The van der Waals surface area contributed by atoms with E-state index in [0.29, 0.717) is 17.7 Å². The molecule has 0 spiro atoms. The molecule has 4 aromatic rings. The Bertz CT molecular complexity index is 1220. The molecule has 0 unspecified atom stereocenters. The molecule has 0 N–H and O–H groups in total. The van der Waals surface area contributed by atoms with Crippen molar-refractivity contribution in [3.8, 4) is 0 Å². The Labute approximate surface area is 154 Å². The number of amides is 2. The second-order valence-corrected chi connectivity index (χ2v) is 7.79. The summed E-state index contributed by atoms with van der Waals surface area (Å²) in [6.07, 6.45) is 1.77. The molecule has 128 valence electrons. The van der Waals surface area contributed by atoms with Crippen LogP contribution in [0.2, 0.25) is 0 Å². The molecule has 0 atom stereocenters. The van der Waals surface area contributed by atoms with Crippen molar-refractivity contribution < 1.29 is 9.59 Å². The minimum Gasteiger partial charge on any atom is -0.274 e. The summed E-state index contributed by atoms with van der Waals surface area (Å²) < 4.78 is 2.35. The van der Waals surface area contributed by atoms with Crippen molar-refractivity contribution in [1.29, 1.82) is 0 Å². The number of fused-ring (bicyclic) bond motifs is 4. The van der Waals surface area contributed by atoms with Crippen molar-refractivity contribution in [3.63, 3.8) is 0 Å². The number of nitrogens with zero attached hydrogens (tertiary/aromatic N) is 1. The van der Waals surface area contributed by atoms with Crippen LogP contribution in [0.3, 0.4) is 0 Å². The van der Waals surface area contributed by atoms with Gasteiger partial charge in [-0.2, -0.15) is 0 Å². The average Bonchev–Trinajstić information content (AvgIpc) is 3.05. The lowest BCUT2D eigenvalue weighted by atomic mass is 9.92. The number of carbonyl (C=O) groups is 2. The van der Waals surface area contributed by atoms with Gasteiger partial charge in [0.25, 0.3) is 11.8 Å². The molecule has 0 fully saturated rings. The van der Waals surface area contributed by atoms with E-state index in [4.69, 9.17) is 0 Å². The van der Waals surface area contributed by atoms with E-state index in [1.807, 2.05) is 36.4 Å². The van der Waals surface area contributed by atoms with Gasteiger partial charge in [0.2, 0.25) is 0 Å². The third-order valence-electron chi connectivity index (χ3n) is 5.19. The van der Waals surface area contributed by atoms with Gasteiger partial charge in [0.15, 0.2) is 0 Å². The molecule has 26 heavy (non-hydrogen) atoms. The van der Waals surface area contributed by atoms with Crippen molar-refractivity contribution in [2.24, 2.45) is 0 Å². The van der Waals surface area contributed by atoms with Gasteiger partial charge in [-0.25, -0.2) is 0 Å². The Kier molecular flexibility index (Phi) is 3.37. The molecule has 3 nitrogen and oxygen atoms in total. The number of imide groups is 1. The number of hydrogen-bond donors (Lipinski definition) is 0. The highest BCUT2D eigenvalue weighted by Crippen LogP contribution is 2.42. The monoisotopic (exact) mass is 359 g/mol. The van der Waals surface area contributed by atoms with Crippen LogP contribution in [0, 0.1) is 0 Å². The Balaban J connectivity index is 1.89. The van der Waals surface area contributed by atoms with Gasteiger partial charge >= 0.3 is 0 Å². The highest BCUT2D eigenvalue weighted by atomic mass is 32.1. The van der Waals surface area contributed by atoms with Gasteiger partial charge in [0.05, 0.1) is 0 Å². The second-order valence-electron chi connectivity index (χ2n) is 6.74. The smallest absolute Gasteiger partial charge is 0.261 e. The van der Waals surface area contributed by atoms with Gasteiger partial charge in [-0.15, -0.1) is 11.3 Å². The summed E-state index contributed by atoms with van der Waals surface area (Å²) in [6, 6.07) is 16.1. The molecule has 5 rings (SSSR count). The summed E-state index contributed by atoms with van der Waals surface area (Å²) in [6.45, 7) is 2.54. The van der Waals surface area contributed by atoms with E-state index in [9.17, 15) is 9.59 Å². The zero-order chi connectivity index (χ0) is 17.8. The van der Waals surface area contributed by atoms with Crippen molar-refractivity contribution in [2.45, 2.75) is 19.8 Å². The van der Waals surface area contributed by atoms with Crippen molar-refractivity contribution in [1.82, 2.24) is 4.90 Å². The number of carbonyl (C=O) groups excluding carboxylic acids is 2. The summed E-state index contributed by atoms with van der Waals surface area (Å²) in [4.78, 5) is 27.5. The molecule has 1 aromatic heterocycles. The van der Waals surface area contributed by atoms with E-state index in [0.717, 1.165) is 33.7 Å². The SMILES string of the molecule is CCCCN1C(=O)c2cccc3c2c(cc2c4ccccc4sc32)C1=O. The molecule has 0 bridgehead atoms. The summed E-state index contributed by atoms with van der Waals surface area (Å²) in [5.41, 5.74) is 1.30. The van der Waals surface area contributed by atoms with Gasteiger partial charge in [-0.3, -0.25) is 14.5 Å². The third kappa shape index (κ3) is 1.99. The first-order chi connectivity index (χ1) is 12.7. The fraction of sp³-hybridized carbons (Fsp3) is 0.182. The Hall–Kier alpha value is -2.72. The molecule has 0 saturated heterocycles. The second kappa shape index (κ2) is 5.64. The van der Waals surface area contributed by atoms with Crippen LogP contribution in [-0.4, -0.2) is 23.3 Å². The predicted molar refractivity (Wildman–Crippen MR) is 107 cm³/mol. The summed E-state index contributed by atoms with van der Waals surface area (Å²) in [5.74, 6) is -0.327. The molecule has 2 amide bonds. The number of rotatable bonds is 3. The van der Waals surface area contributed by atoms with E-state index in [1.54, 1.807) is 11.3 Å². The average molecular weight is 359 g/mol. The zero-order valence-corrected chi connectivity index (χ0v) is 15.2. The minimum absolute atomic E-state index is 0.163. The maximum atomic E-state index is 13.1. The van der Waals surface area contributed by atoms with Gasteiger partial charge in [-0.1, -0.05) is 43.7 Å². The molecule has 3 aromatic carbocycles. The third-order valence-corrected chi connectivity index (χ3v) is 6.41. The number of benzene rings is 3. The summed E-state index contributed by atoms with van der Waals surface area (Å²) in [5, 5.41) is 4.09. The molecule has 0 aliphatic carbocycles. The quantitative estimate of drug-likeness (QED) is 0.446. The van der Waals surface area contributed by atoms with Gasteiger partial charge in [0.1, 0.15) is 0 Å². The van der Waals surface area contributed by atoms with Crippen LogP contribution in [0.4, 0.5) is 0 Å². The van der Waals surface area contributed by atoms with Crippen molar-refractivity contribution in [3.05, 3.63) is 59.7 Å². The minimum atomic E-state index is -0.165. The first-order valence-corrected chi connectivity index (χ1v) is 9.75. The molecular weight excluding hydrogens is 342 g/mol. The van der Waals surface area contributed by atoms with Crippen LogP contribution < -0.4 is 0 Å². The standard InChI is InChI=1S/C22H17NO2S/c1-2-3-11-23-21(24)15-9-6-8-14-19(15)17(22(23)25)12-16-13-7-4-5-10-18(13)26-20(14)16/h4-10,12H,2-3,11H2,1H3. The normalized spacial score (nSPS) is 14.1. The zero-order valence-electron chi connectivity index (χ0n) is 14.4. The predicted octanol–water partition coefficient (Wildman–Crippen LogP) is 5.60. The highest BCUT2D eigenvalue weighted by molar-refractivity contribution is 7.26. The van der Waals surface area contributed by atoms with Crippen molar-refractivity contribution in [2.75, 3.05) is 6.54 Å². The molecule has 0 saturated carbocycles. The van der Waals surface area contributed by atoms with Crippen LogP contribution in [0.25, 0.3) is 30.9 Å². The van der Waals surface area contributed by atoms with Crippen LogP contribution in [0.5, 0.6) is 0 Å². The maximum Gasteiger partial charge on any atom is 0.261 e. The van der Waals surface area contributed by atoms with Gasteiger partial charge in [-0.05, 0) is 24.6 Å². The first kappa shape index (κ1) is 15.5. The maximum absolute atomic E-state index is 13.1. The van der Waals surface area contributed by atoms with Crippen LogP contribution >= 0.6 is 11.3 Å². The number of thiophene rings is 1. The first-order valence-electron chi connectivity index (χ1n) is 8.94. The van der Waals surface area contributed by atoms with Crippen LogP contribution in [0.15, 0.2) is 48.5 Å². The van der Waals surface area contributed by atoms with E-state index >= 15 is 0 Å². The Morgan fingerprint density at radius 3 is 2.50 bits per heavy atom. The number of hydrogen-bond acceptors (Lipinski definition) is 3. The van der Waals surface area contributed by atoms with Crippen molar-refractivity contribution >= 4 is 54.1 Å². The summed E-state index contributed by atoms with van der Waals surface area (Å²) in [7, 11) is 0. The molecule has 2 heterocycles. The van der Waals surface area contributed by atoms with Crippen LogP contribution in [-0.2, 0) is 0 Å². The lowest BCUT2D eigenvalue weighted by Gasteiger charge is -2.27.